The van der Waals surface area contributed by atoms with E-state index in [0.29, 0.717) is 12.6 Å². The summed E-state index contributed by atoms with van der Waals surface area (Å²) in [5.74, 6) is 1.88. The van der Waals surface area contributed by atoms with Crippen LogP contribution in [-0.4, -0.2) is 51.1 Å². The van der Waals surface area contributed by atoms with Gasteiger partial charge >= 0.3 is 0 Å². The van der Waals surface area contributed by atoms with Gasteiger partial charge in [-0.05, 0) is 31.2 Å². The van der Waals surface area contributed by atoms with Crippen LogP contribution in [0.1, 0.15) is 38.5 Å². The number of hydrogen-bond acceptors (Lipinski definition) is 4. The number of methoxy groups -OCH3 is 2. The van der Waals surface area contributed by atoms with Gasteiger partial charge in [-0.15, -0.1) is 0 Å². The molecule has 0 aromatic rings. The molecule has 2 rings (SSSR count). The smallest absolute Gasteiger partial charge is 0.158 e. The fourth-order valence-electron chi connectivity index (χ4n) is 3.87. The minimum atomic E-state index is -0.127. The Labute approximate surface area is 117 Å². The summed E-state index contributed by atoms with van der Waals surface area (Å²) in [4.78, 5) is 2.58. The number of piperidine rings is 1. The molecule has 1 saturated carbocycles. The Hall–Kier alpha value is -0.160. The van der Waals surface area contributed by atoms with E-state index in [9.17, 15) is 0 Å². The van der Waals surface area contributed by atoms with Gasteiger partial charge in [0.25, 0.3) is 0 Å². The van der Waals surface area contributed by atoms with Gasteiger partial charge in [0.1, 0.15) is 0 Å². The summed E-state index contributed by atoms with van der Waals surface area (Å²) < 4.78 is 10.6. The summed E-state index contributed by atoms with van der Waals surface area (Å²) in [5.41, 5.74) is 5.98. The molecule has 0 bridgehead atoms. The molecule has 2 aliphatic rings. The number of nitrogens with two attached hydrogens (primary N) is 1. The topological polar surface area (TPSA) is 47.7 Å². The standard InChI is InChI=1S/C15H30N2O2/c1-18-15(19-2)9-14(10-16)17-8-7-12-5-3-4-6-13(12)11-17/h12-15H,3-11,16H2,1-2H3. The van der Waals surface area contributed by atoms with Crippen LogP contribution >= 0.6 is 0 Å². The van der Waals surface area contributed by atoms with Crippen LogP contribution in [0.3, 0.4) is 0 Å². The van der Waals surface area contributed by atoms with Crippen molar-refractivity contribution < 1.29 is 9.47 Å². The van der Waals surface area contributed by atoms with Gasteiger partial charge in [-0.3, -0.25) is 4.90 Å². The lowest BCUT2D eigenvalue weighted by Gasteiger charge is -2.44. The largest absolute Gasteiger partial charge is 0.356 e. The highest BCUT2D eigenvalue weighted by molar-refractivity contribution is 4.87. The Morgan fingerprint density at radius 3 is 2.42 bits per heavy atom. The molecule has 1 aliphatic carbocycles. The summed E-state index contributed by atoms with van der Waals surface area (Å²) >= 11 is 0. The van der Waals surface area contributed by atoms with Crippen LogP contribution in [0.2, 0.25) is 0 Å². The van der Waals surface area contributed by atoms with Crippen LogP contribution in [0, 0.1) is 11.8 Å². The molecule has 0 aromatic heterocycles. The Balaban J connectivity index is 1.88. The molecule has 3 atom stereocenters. The number of hydrogen-bond donors (Lipinski definition) is 1. The first-order chi connectivity index (χ1) is 9.28. The van der Waals surface area contributed by atoms with Crippen LogP contribution in [0.25, 0.3) is 0 Å². The van der Waals surface area contributed by atoms with E-state index >= 15 is 0 Å². The zero-order valence-corrected chi connectivity index (χ0v) is 12.5. The summed E-state index contributed by atoms with van der Waals surface area (Å²) in [6, 6.07) is 0.396. The fourth-order valence-corrected chi connectivity index (χ4v) is 3.87. The SMILES string of the molecule is COC(CC(CN)N1CCC2CCCCC2C1)OC. The first kappa shape index (κ1) is 15.2. The molecule has 3 unspecified atom stereocenters. The number of likely N-dealkylation sites (tertiary alicyclic amines) is 1. The van der Waals surface area contributed by atoms with Crippen LogP contribution in [0.5, 0.6) is 0 Å². The first-order valence-corrected chi connectivity index (χ1v) is 7.78. The summed E-state index contributed by atoms with van der Waals surface area (Å²) in [6.45, 7) is 3.12. The van der Waals surface area contributed by atoms with Gasteiger partial charge in [0.05, 0.1) is 0 Å². The van der Waals surface area contributed by atoms with Gasteiger partial charge in [0.2, 0.25) is 0 Å². The van der Waals surface area contributed by atoms with E-state index in [1.54, 1.807) is 14.2 Å². The van der Waals surface area contributed by atoms with E-state index in [4.69, 9.17) is 15.2 Å². The van der Waals surface area contributed by atoms with Gasteiger partial charge in [0, 0.05) is 39.8 Å². The summed E-state index contributed by atoms with van der Waals surface area (Å²) in [5, 5.41) is 0. The number of fused-ring (bicyclic) bond motifs is 1. The minimum Gasteiger partial charge on any atom is -0.356 e. The molecular weight excluding hydrogens is 240 g/mol. The molecule has 1 aliphatic heterocycles. The lowest BCUT2D eigenvalue weighted by atomic mass is 9.75. The van der Waals surface area contributed by atoms with Crippen molar-refractivity contribution in [3.63, 3.8) is 0 Å². The summed E-state index contributed by atoms with van der Waals surface area (Å²) in [6.07, 6.45) is 7.82. The molecule has 0 radical (unpaired) electrons. The average molecular weight is 270 g/mol. The fraction of sp³-hybridized carbons (Fsp3) is 1.00. The van der Waals surface area contributed by atoms with E-state index in [1.807, 2.05) is 0 Å². The van der Waals surface area contributed by atoms with Gasteiger partial charge < -0.3 is 15.2 Å². The molecule has 0 aromatic carbocycles. The van der Waals surface area contributed by atoms with Crippen LogP contribution in [0.4, 0.5) is 0 Å². The molecule has 19 heavy (non-hydrogen) atoms. The van der Waals surface area contributed by atoms with E-state index in [1.165, 1.54) is 45.2 Å². The predicted octanol–water partition coefficient (Wildman–Crippen LogP) is 1.83. The van der Waals surface area contributed by atoms with Crippen molar-refractivity contribution in [2.24, 2.45) is 17.6 Å². The lowest BCUT2D eigenvalue weighted by molar-refractivity contribution is -0.119. The van der Waals surface area contributed by atoms with Gasteiger partial charge in [-0.1, -0.05) is 19.3 Å². The number of nitrogens with zero attached hydrogens (tertiary/aromatic N) is 1. The van der Waals surface area contributed by atoms with Crippen LogP contribution in [-0.2, 0) is 9.47 Å². The van der Waals surface area contributed by atoms with E-state index < -0.39 is 0 Å². The molecule has 0 amide bonds. The third-order valence-electron chi connectivity index (χ3n) is 5.10. The Kier molecular flexibility index (Phi) is 6.07. The number of rotatable bonds is 6. The van der Waals surface area contributed by atoms with Crippen molar-refractivity contribution >= 4 is 0 Å². The molecule has 4 heteroatoms. The molecule has 2 N–H and O–H groups in total. The van der Waals surface area contributed by atoms with Crippen molar-refractivity contribution in [2.75, 3.05) is 33.9 Å². The second-order valence-corrected chi connectivity index (χ2v) is 6.11. The molecule has 4 nitrogen and oxygen atoms in total. The Bertz CT molecular complexity index is 259. The quantitative estimate of drug-likeness (QED) is 0.748. The lowest BCUT2D eigenvalue weighted by Crippen LogP contribution is -2.50. The van der Waals surface area contributed by atoms with Crippen molar-refractivity contribution in [3.8, 4) is 0 Å². The highest BCUT2D eigenvalue weighted by Crippen LogP contribution is 2.36. The maximum atomic E-state index is 5.98. The van der Waals surface area contributed by atoms with Crippen LogP contribution in [0.15, 0.2) is 0 Å². The Morgan fingerprint density at radius 1 is 1.11 bits per heavy atom. The minimum absolute atomic E-state index is 0.127. The molecule has 2 fully saturated rings. The molecule has 112 valence electrons. The van der Waals surface area contributed by atoms with Crippen molar-refractivity contribution in [1.82, 2.24) is 4.90 Å². The normalized spacial score (nSPS) is 30.3. The van der Waals surface area contributed by atoms with Gasteiger partial charge in [-0.2, -0.15) is 0 Å². The maximum Gasteiger partial charge on any atom is 0.158 e. The third-order valence-corrected chi connectivity index (χ3v) is 5.10. The maximum absolute atomic E-state index is 5.98. The highest BCUT2D eigenvalue weighted by Gasteiger charge is 2.34. The second kappa shape index (κ2) is 7.58. The van der Waals surface area contributed by atoms with Crippen LogP contribution < -0.4 is 5.73 Å². The zero-order valence-electron chi connectivity index (χ0n) is 12.5. The zero-order chi connectivity index (χ0) is 13.7. The Morgan fingerprint density at radius 2 is 1.79 bits per heavy atom. The highest BCUT2D eigenvalue weighted by atomic mass is 16.7. The first-order valence-electron chi connectivity index (χ1n) is 7.78. The van der Waals surface area contributed by atoms with Gasteiger partial charge in [-0.25, -0.2) is 0 Å². The molecule has 1 saturated heterocycles. The second-order valence-electron chi connectivity index (χ2n) is 6.11. The van der Waals surface area contributed by atoms with Crippen molar-refractivity contribution in [2.45, 2.75) is 50.9 Å². The van der Waals surface area contributed by atoms with E-state index in [-0.39, 0.29) is 6.29 Å². The summed E-state index contributed by atoms with van der Waals surface area (Å²) in [7, 11) is 3.41. The predicted molar refractivity (Wildman–Crippen MR) is 76.9 cm³/mol. The molecule has 0 spiro atoms. The van der Waals surface area contributed by atoms with Gasteiger partial charge in [0.15, 0.2) is 6.29 Å². The monoisotopic (exact) mass is 270 g/mol. The average Bonchev–Trinajstić information content (AvgIpc) is 2.48. The van der Waals surface area contributed by atoms with Crippen molar-refractivity contribution in [1.29, 1.82) is 0 Å². The van der Waals surface area contributed by atoms with Crippen molar-refractivity contribution in [3.05, 3.63) is 0 Å². The molecule has 1 heterocycles. The number of ether oxygens (including phenoxy) is 2. The van der Waals surface area contributed by atoms with E-state index in [0.717, 1.165) is 18.3 Å². The molecular formula is C15H30N2O2. The third kappa shape index (κ3) is 3.91. The van der Waals surface area contributed by atoms with E-state index in [2.05, 4.69) is 4.90 Å².